The van der Waals surface area contributed by atoms with Crippen LogP contribution in [-0.4, -0.2) is 47.0 Å². The quantitative estimate of drug-likeness (QED) is 0.661. The van der Waals surface area contributed by atoms with Gasteiger partial charge in [-0.25, -0.2) is 4.79 Å². The minimum atomic E-state index is -0.500. The summed E-state index contributed by atoms with van der Waals surface area (Å²) in [6, 6.07) is 14.8. The maximum atomic E-state index is 12.7. The maximum absolute atomic E-state index is 12.7. The van der Waals surface area contributed by atoms with Crippen LogP contribution in [0.25, 0.3) is 0 Å². The highest BCUT2D eigenvalue weighted by atomic mass is 79.9. The zero-order valence-corrected chi connectivity index (χ0v) is 17.6. The van der Waals surface area contributed by atoms with E-state index in [1.165, 1.54) is 0 Å². The van der Waals surface area contributed by atoms with Crippen LogP contribution < -0.4 is 0 Å². The van der Waals surface area contributed by atoms with Gasteiger partial charge in [-0.2, -0.15) is 0 Å². The summed E-state index contributed by atoms with van der Waals surface area (Å²) in [6.45, 7) is 2.22. The van der Waals surface area contributed by atoms with Crippen LogP contribution in [0.2, 0.25) is 5.02 Å². The average Bonchev–Trinajstić information content (AvgIpc) is 2.97. The Morgan fingerprint density at radius 1 is 1.14 bits per heavy atom. The molecule has 0 aromatic heterocycles. The van der Waals surface area contributed by atoms with E-state index >= 15 is 0 Å². The number of halogens is 2. The summed E-state index contributed by atoms with van der Waals surface area (Å²) in [6.07, 6.45) is 1.01. The topological polar surface area (TPSA) is 49.9 Å². The van der Waals surface area contributed by atoms with Gasteiger partial charge < -0.3 is 9.64 Å². The molecule has 2 aliphatic heterocycles. The summed E-state index contributed by atoms with van der Waals surface area (Å²) < 4.78 is 6.76. The lowest BCUT2D eigenvalue weighted by atomic mass is 9.91. The molecule has 2 heterocycles. The Hall–Kier alpha value is -2.05. The van der Waals surface area contributed by atoms with E-state index in [1.807, 2.05) is 29.2 Å². The molecule has 0 N–H and O–H groups in total. The Kier molecular flexibility index (Phi) is 5.34. The van der Waals surface area contributed by atoms with E-state index in [2.05, 4.69) is 15.9 Å². The Morgan fingerprint density at radius 2 is 1.86 bits per heavy atom. The Bertz CT molecular complexity index is 895. The third-order valence-electron chi connectivity index (χ3n) is 5.36. The summed E-state index contributed by atoms with van der Waals surface area (Å²) in [7, 11) is 0. The van der Waals surface area contributed by atoms with Gasteiger partial charge in [0.15, 0.2) is 0 Å². The number of hydrogen-bond acceptors (Lipinski definition) is 3. The van der Waals surface area contributed by atoms with Crippen LogP contribution in [0.4, 0.5) is 4.79 Å². The number of carbonyl (C=O) groups excluding carboxylic acids is 2. The second kappa shape index (κ2) is 7.76. The molecule has 1 spiro atoms. The van der Waals surface area contributed by atoms with Crippen LogP contribution in [0, 0.1) is 0 Å². The van der Waals surface area contributed by atoms with Gasteiger partial charge in [-0.1, -0.05) is 39.7 Å². The molecule has 0 aliphatic carbocycles. The first-order valence-corrected chi connectivity index (χ1v) is 10.4. The van der Waals surface area contributed by atoms with Crippen molar-refractivity contribution in [1.82, 2.24) is 9.80 Å². The molecule has 0 saturated carbocycles. The van der Waals surface area contributed by atoms with Crippen molar-refractivity contribution in [3.8, 4) is 0 Å². The SMILES string of the molecule is O=C1OC2(CCN(C(=O)c3ccc(Cl)cc3)CC2)CN1Cc1cccc(Br)c1. The zero-order valence-electron chi connectivity index (χ0n) is 15.2. The van der Waals surface area contributed by atoms with Gasteiger partial charge in [-0.05, 0) is 42.0 Å². The highest BCUT2D eigenvalue weighted by molar-refractivity contribution is 9.10. The number of ether oxygens (including phenoxy) is 1. The van der Waals surface area contributed by atoms with Crippen LogP contribution in [0.1, 0.15) is 28.8 Å². The summed E-state index contributed by atoms with van der Waals surface area (Å²) in [5, 5.41) is 0.609. The molecule has 0 unspecified atom stereocenters. The van der Waals surface area contributed by atoms with E-state index in [0.29, 0.717) is 49.6 Å². The first kappa shape index (κ1) is 19.3. The normalized spacial score (nSPS) is 18.4. The molecule has 4 rings (SSSR count). The fourth-order valence-electron chi connectivity index (χ4n) is 3.82. The number of likely N-dealkylation sites (tertiary alicyclic amines) is 1. The molecule has 2 aromatic carbocycles. The largest absolute Gasteiger partial charge is 0.441 e. The molecular formula is C21H20BrClN2O3. The van der Waals surface area contributed by atoms with Gasteiger partial charge in [-0.15, -0.1) is 0 Å². The molecule has 0 radical (unpaired) electrons. The molecule has 0 bridgehead atoms. The van der Waals surface area contributed by atoms with Crippen LogP contribution in [0.15, 0.2) is 53.0 Å². The average molecular weight is 464 g/mol. The van der Waals surface area contributed by atoms with Crippen molar-refractivity contribution in [2.24, 2.45) is 0 Å². The minimum absolute atomic E-state index is 0.0122. The number of rotatable bonds is 3. The number of amides is 2. The molecule has 28 heavy (non-hydrogen) atoms. The summed E-state index contributed by atoms with van der Waals surface area (Å²) in [4.78, 5) is 28.6. The molecule has 2 aliphatic rings. The van der Waals surface area contributed by atoms with Crippen LogP contribution >= 0.6 is 27.5 Å². The molecular weight excluding hydrogens is 444 g/mol. The standard InChI is InChI=1S/C21H20BrClN2O3/c22-17-3-1-2-15(12-17)13-25-14-21(28-20(25)27)8-10-24(11-9-21)19(26)16-4-6-18(23)7-5-16/h1-7,12H,8-11,13-14H2. The number of hydrogen-bond donors (Lipinski definition) is 0. The molecule has 2 amide bonds. The van der Waals surface area contributed by atoms with E-state index in [1.54, 1.807) is 29.2 Å². The van der Waals surface area contributed by atoms with E-state index in [0.717, 1.165) is 10.0 Å². The second-order valence-corrected chi connectivity index (χ2v) is 8.69. The van der Waals surface area contributed by atoms with Crippen molar-refractivity contribution in [1.29, 1.82) is 0 Å². The fourth-order valence-corrected chi connectivity index (χ4v) is 4.40. The third-order valence-corrected chi connectivity index (χ3v) is 6.10. The summed E-state index contributed by atoms with van der Waals surface area (Å²) in [5.74, 6) is -0.0122. The van der Waals surface area contributed by atoms with Gasteiger partial charge in [-0.3, -0.25) is 9.69 Å². The molecule has 2 aromatic rings. The van der Waals surface area contributed by atoms with Crippen LogP contribution in [0.3, 0.4) is 0 Å². The molecule has 5 nitrogen and oxygen atoms in total. The molecule has 7 heteroatoms. The molecule has 0 atom stereocenters. The van der Waals surface area contributed by atoms with Gasteiger partial charge in [0.05, 0.1) is 6.54 Å². The van der Waals surface area contributed by atoms with Gasteiger partial charge in [0.1, 0.15) is 5.60 Å². The molecule has 2 fully saturated rings. The Balaban J connectivity index is 1.38. The highest BCUT2D eigenvalue weighted by Crippen LogP contribution is 2.34. The van der Waals surface area contributed by atoms with Gasteiger partial charge in [0, 0.05) is 47.5 Å². The smallest absolute Gasteiger partial charge is 0.410 e. The van der Waals surface area contributed by atoms with Crippen molar-refractivity contribution in [3.63, 3.8) is 0 Å². The van der Waals surface area contributed by atoms with Crippen molar-refractivity contribution < 1.29 is 14.3 Å². The second-order valence-electron chi connectivity index (χ2n) is 7.34. The lowest BCUT2D eigenvalue weighted by molar-refractivity contribution is 0.00313. The van der Waals surface area contributed by atoms with Crippen LogP contribution in [0.5, 0.6) is 0 Å². The molecule has 146 valence electrons. The van der Waals surface area contributed by atoms with E-state index in [4.69, 9.17) is 16.3 Å². The maximum Gasteiger partial charge on any atom is 0.410 e. The van der Waals surface area contributed by atoms with Crippen molar-refractivity contribution >= 4 is 39.5 Å². The predicted molar refractivity (Wildman–Crippen MR) is 110 cm³/mol. The predicted octanol–water partition coefficient (Wildman–Crippen LogP) is 4.73. The van der Waals surface area contributed by atoms with Gasteiger partial charge in [0.2, 0.25) is 0 Å². The lowest BCUT2D eigenvalue weighted by Crippen LogP contribution is -2.48. The van der Waals surface area contributed by atoms with Crippen molar-refractivity contribution in [2.45, 2.75) is 25.0 Å². The Labute approximate surface area is 177 Å². The fraction of sp³-hybridized carbons (Fsp3) is 0.333. The number of carbonyl (C=O) groups is 2. The summed E-state index contributed by atoms with van der Waals surface area (Å²) >= 11 is 9.36. The number of nitrogens with zero attached hydrogens (tertiary/aromatic N) is 2. The third kappa shape index (κ3) is 4.03. The first-order chi connectivity index (χ1) is 13.4. The number of piperidine rings is 1. The number of benzene rings is 2. The summed E-state index contributed by atoms with van der Waals surface area (Å²) in [5.41, 5.74) is 1.18. The Morgan fingerprint density at radius 3 is 2.54 bits per heavy atom. The minimum Gasteiger partial charge on any atom is -0.441 e. The van der Waals surface area contributed by atoms with E-state index in [-0.39, 0.29) is 12.0 Å². The van der Waals surface area contributed by atoms with E-state index < -0.39 is 5.60 Å². The van der Waals surface area contributed by atoms with Crippen molar-refractivity contribution in [2.75, 3.05) is 19.6 Å². The van der Waals surface area contributed by atoms with Gasteiger partial charge >= 0.3 is 6.09 Å². The zero-order chi connectivity index (χ0) is 19.7. The van der Waals surface area contributed by atoms with Gasteiger partial charge in [0.25, 0.3) is 5.91 Å². The highest BCUT2D eigenvalue weighted by Gasteiger charge is 2.47. The van der Waals surface area contributed by atoms with Crippen LogP contribution in [-0.2, 0) is 11.3 Å². The van der Waals surface area contributed by atoms with E-state index in [9.17, 15) is 9.59 Å². The lowest BCUT2D eigenvalue weighted by Gasteiger charge is -2.37. The first-order valence-electron chi connectivity index (χ1n) is 9.21. The monoisotopic (exact) mass is 462 g/mol. The molecule has 2 saturated heterocycles. The van der Waals surface area contributed by atoms with Crippen molar-refractivity contribution in [3.05, 3.63) is 69.2 Å².